The number of hydrogen-bond donors (Lipinski definition) is 0. The number of nitrogens with zero attached hydrogens (tertiary/aromatic N) is 3. The van der Waals surface area contributed by atoms with Gasteiger partial charge < -0.3 is 9.30 Å². The van der Waals surface area contributed by atoms with Crippen LogP contribution in [0, 0.1) is 0 Å². The first-order chi connectivity index (χ1) is 7.36. The second-order valence-corrected chi connectivity index (χ2v) is 4.59. The number of ether oxygens (including phenoxy) is 1. The van der Waals surface area contributed by atoms with Crippen molar-refractivity contribution in [3.63, 3.8) is 0 Å². The Morgan fingerprint density at radius 3 is 3.00 bits per heavy atom. The summed E-state index contributed by atoms with van der Waals surface area (Å²) in [5.41, 5.74) is 0. The topological polar surface area (TPSA) is 39.9 Å². The van der Waals surface area contributed by atoms with Crippen molar-refractivity contribution in [1.29, 1.82) is 0 Å². The zero-order chi connectivity index (χ0) is 10.3. The van der Waals surface area contributed by atoms with Crippen molar-refractivity contribution in [1.82, 2.24) is 14.8 Å². The van der Waals surface area contributed by atoms with E-state index in [-0.39, 0.29) is 6.10 Å². The van der Waals surface area contributed by atoms with E-state index in [4.69, 9.17) is 4.74 Å². The van der Waals surface area contributed by atoms with E-state index in [1.807, 2.05) is 0 Å². The van der Waals surface area contributed by atoms with Gasteiger partial charge in [-0.2, -0.15) is 0 Å². The van der Waals surface area contributed by atoms with Crippen LogP contribution in [-0.2, 0) is 11.2 Å². The predicted octanol–water partition coefficient (Wildman–Crippen LogP) is 2.03. The minimum Gasteiger partial charge on any atom is -0.370 e. The Bertz CT molecular complexity index is 355. The third-order valence-corrected chi connectivity index (χ3v) is 3.47. The van der Waals surface area contributed by atoms with Crippen molar-refractivity contribution in [2.24, 2.45) is 0 Å². The summed E-state index contributed by atoms with van der Waals surface area (Å²) in [4.78, 5) is 0. The summed E-state index contributed by atoms with van der Waals surface area (Å²) < 4.78 is 7.99. The number of hydrogen-bond acceptors (Lipinski definition) is 3. The molecule has 2 aliphatic heterocycles. The Balaban J connectivity index is 1.97. The van der Waals surface area contributed by atoms with Crippen LogP contribution in [0.15, 0.2) is 0 Å². The molecule has 15 heavy (non-hydrogen) atoms. The van der Waals surface area contributed by atoms with Crippen LogP contribution in [0.4, 0.5) is 0 Å². The van der Waals surface area contributed by atoms with E-state index in [9.17, 15) is 0 Å². The number of aromatic nitrogens is 3. The van der Waals surface area contributed by atoms with Crippen LogP contribution >= 0.6 is 0 Å². The van der Waals surface area contributed by atoms with Crippen LogP contribution in [-0.4, -0.2) is 21.4 Å². The molecule has 2 aliphatic rings. The van der Waals surface area contributed by atoms with Gasteiger partial charge in [0.15, 0.2) is 5.82 Å². The van der Waals surface area contributed by atoms with Crippen molar-refractivity contribution in [3.8, 4) is 0 Å². The molecule has 1 fully saturated rings. The molecule has 0 aliphatic carbocycles. The lowest BCUT2D eigenvalue weighted by Gasteiger charge is -2.23. The molecule has 4 heteroatoms. The zero-order valence-electron chi connectivity index (χ0n) is 9.15. The van der Waals surface area contributed by atoms with Gasteiger partial charge in [0.1, 0.15) is 11.9 Å². The Hall–Kier alpha value is -0.900. The first-order valence-corrected chi connectivity index (χ1v) is 5.91. The molecule has 0 saturated carbocycles. The summed E-state index contributed by atoms with van der Waals surface area (Å²) in [5.74, 6) is 2.22. The fourth-order valence-electron chi connectivity index (χ4n) is 2.67. The minimum absolute atomic E-state index is 0.201. The van der Waals surface area contributed by atoms with Crippen LogP contribution < -0.4 is 0 Å². The van der Waals surface area contributed by atoms with Crippen molar-refractivity contribution >= 4 is 0 Å². The number of fused-ring (bicyclic) bond motifs is 1. The summed E-state index contributed by atoms with van der Waals surface area (Å²) >= 11 is 0. The number of rotatable bonds is 1. The largest absolute Gasteiger partial charge is 0.370 e. The molecule has 2 unspecified atom stereocenters. The SMILES string of the molecule is CC1CCCc2nnc(C3CCCO3)n21. The van der Waals surface area contributed by atoms with Gasteiger partial charge >= 0.3 is 0 Å². The molecule has 82 valence electrons. The van der Waals surface area contributed by atoms with Gasteiger partial charge in [0.25, 0.3) is 0 Å². The van der Waals surface area contributed by atoms with Gasteiger partial charge in [-0.05, 0) is 32.6 Å². The Labute approximate surface area is 89.6 Å². The first-order valence-electron chi connectivity index (χ1n) is 5.91. The van der Waals surface area contributed by atoms with E-state index in [0.29, 0.717) is 6.04 Å². The predicted molar refractivity (Wildman–Crippen MR) is 55.6 cm³/mol. The van der Waals surface area contributed by atoms with E-state index < -0.39 is 0 Å². The van der Waals surface area contributed by atoms with Gasteiger partial charge in [-0.15, -0.1) is 10.2 Å². The van der Waals surface area contributed by atoms with E-state index >= 15 is 0 Å². The second kappa shape index (κ2) is 3.59. The average molecular weight is 207 g/mol. The smallest absolute Gasteiger partial charge is 0.162 e. The second-order valence-electron chi connectivity index (χ2n) is 4.59. The van der Waals surface area contributed by atoms with E-state index in [1.54, 1.807) is 0 Å². The molecule has 1 saturated heterocycles. The van der Waals surface area contributed by atoms with E-state index in [1.165, 1.54) is 12.8 Å². The normalized spacial score (nSPS) is 30.5. The molecular weight excluding hydrogens is 190 g/mol. The highest BCUT2D eigenvalue weighted by Gasteiger charge is 2.28. The molecule has 3 rings (SSSR count). The van der Waals surface area contributed by atoms with E-state index in [2.05, 4.69) is 21.7 Å². The van der Waals surface area contributed by atoms with Gasteiger partial charge in [-0.25, -0.2) is 0 Å². The molecule has 1 aromatic heterocycles. The molecule has 0 radical (unpaired) electrons. The maximum atomic E-state index is 5.69. The molecular formula is C11H17N3O. The van der Waals surface area contributed by atoms with Gasteiger partial charge in [0, 0.05) is 19.1 Å². The van der Waals surface area contributed by atoms with Crippen LogP contribution in [0.1, 0.15) is 56.4 Å². The Kier molecular flexibility index (Phi) is 2.24. The van der Waals surface area contributed by atoms with Crippen LogP contribution in [0.2, 0.25) is 0 Å². The van der Waals surface area contributed by atoms with Crippen LogP contribution in [0.25, 0.3) is 0 Å². The van der Waals surface area contributed by atoms with Crippen LogP contribution in [0.5, 0.6) is 0 Å². The first kappa shape index (κ1) is 9.33. The van der Waals surface area contributed by atoms with E-state index in [0.717, 1.165) is 37.5 Å². The lowest BCUT2D eigenvalue weighted by molar-refractivity contribution is 0.0993. The quantitative estimate of drug-likeness (QED) is 0.707. The fraction of sp³-hybridized carbons (Fsp3) is 0.818. The molecule has 0 amide bonds. The van der Waals surface area contributed by atoms with Gasteiger partial charge in [0.05, 0.1) is 0 Å². The fourth-order valence-corrected chi connectivity index (χ4v) is 2.67. The third kappa shape index (κ3) is 1.47. The van der Waals surface area contributed by atoms with Gasteiger partial charge in [0.2, 0.25) is 0 Å². The molecule has 0 aromatic carbocycles. The lowest BCUT2D eigenvalue weighted by atomic mass is 10.1. The van der Waals surface area contributed by atoms with Gasteiger partial charge in [-0.1, -0.05) is 0 Å². The Morgan fingerprint density at radius 2 is 2.20 bits per heavy atom. The minimum atomic E-state index is 0.201. The molecule has 2 atom stereocenters. The highest BCUT2D eigenvalue weighted by Crippen LogP contribution is 2.32. The summed E-state index contributed by atoms with van der Waals surface area (Å²) in [6, 6.07) is 0.544. The standard InChI is InChI=1S/C11H17N3O/c1-8-4-2-6-10-12-13-11(14(8)10)9-5-3-7-15-9/h8-9H,2-7H2,1H3. The van der Waals surface area contributed by atoms with Gasteiger partial charge in [-0.3, -0.25) is 0 Å². The summed E-state index contributed by atoms with van der Waals surface area (Å²) in [7, 11) is 0. The maximum Gasteiger partial charge on any atom is 0.162 e. The molecule has 1 aromatic rings. The highest BCUT2D eigenvalue weighted by molar-refractivity contribution is 5.05. The highest BCUT2D eigenvalue weighted by atomic mass is 16.5. The van der Waals surface area contributed by atoms with Crippen molar-refractivity contribution in [2.45, 2.75) is 51.2 Å². The maximum absolute atomic E-state index is 5.69. The summed E-state index contributed by atoms with van der Waals surface area (Å²) in [5, 5.41) is 8.60. The van der Waals surface area contributed by atoms with Crippen molar-refractivity contribution in [3.05, 3.63) is 11.6 Å². The third-order valence-electron chi connectivity index (χ3n) is 3.47. The van der Waals surface area contributed by atoms with Crippen molar-refractivity contribution < 1.29 is 4.74 Å². The monoisotopic (exact) mass is 207 g/mol. The zero-order valence-corrected chi connectivity index (χ0v) is 9.15. The molecule has 3 heterocycles. The summed E-state index contributed by atoms with van der Waals surface area (Å²) in [6.45, 7) is 3.13. The van der Waals surface area contributed by atoms with Crippen LogP contribution in [0.3, 0.4) is 0 Å². The average Bonchev–Trinajstić information content (AvgIpc) is 2.85. The Morgan fingerprint density at radius 1 is 1.27 bits per heavy atom. The lowest BCUT2D eigenvalue weighted by Crippen LogP contribution is -2.19. The summed E-state index contributed by atoms with van der Waals surface area (Å²) in [6.07, 6.45) is 6.01. The molecule has 4 nitrogen and oxygen atoms in total. The molecule has 0 N–H and O–H groups in total. The molecule has 0 spiro atoms. The molecule has 0 bridgehead atoms. The number of aryl methyl sites for hydroxylation is 1. The van der Waals surface area contributed by atoms with Crippen molar-refractivity contribution in [2.75, 3.05) is 6.61 Å².